The molecule has 1 aromatic rings. The van der Waals surface area contributed by atoms with E-state index in [2.05, 4.69) is 22.8 Å². The predicted octanol–water partition coefficient (Wildman–Crippen LogP) is 3.83. The maximum absolute atomic E-state index is 12.6. The molecule has 3 nitrogen and oxygen atoms in total. The van der Waals surface area contributed by atoms with Crippen molar-refractivity contribution in [1.29, 1.82) is 0 Å². The molecule has 0 saturated heterocycles. The van der Waals surface area contributed by atoms with Gasteiger partial charge in [-0.3, -0.25) is 4.39 Å². The molecule has 3 rings (SSSR count). The normalized spacial score (nSPS) is 24.4. The van der Waals surface area contributed by atoms with Gasteiger partial charge >= 0.3 is 6.03 Å². The Morgan fingerprint density at radius 3 is 2.67 bits per heavy atom. The van der Waals surface area contributed by atoms with Crippen LogP contribution in [-0.2, 0) is 12.8 Å². The molecule has 114 valence electrons. The molecule has 0 aromatic heterocycles. The fourth-order valence-corrected chi connectivity index (χ4v) is 3.46. The lowest BCUT2D eigenvalue weighted by Crippen LogP contribution is -2.40. The van der Waals surface area contributed by atoms with Gasteiger partial charge in [0.25, 0.3) is 0 Å². The van der Waals surface area contributed by atoms with Crippen molar-refractivity contribution in [2.75, 3.05) is 12.0 Å². The number of hydrogen-bond donors (Lipinski definition) is 2. The van der Waals surface area contributed by atoms with E-state index in [0.29, 0.717) is 0 Å². The molecule has 1 aromatic carbocycles. The molecule has 0 heterocycles. The number of halogens is 1. The standard InChI is InChI=1S/C17H23FN2O/c18-11-12-4-7-15(8-5-12)19-17(21)20-16-9-6-13-2-1-3-14(13)10-16/h6,9-10,12,15H,1-5,7-8,11H2,(H2,19,20,21). The Balaban J connectivity index is 1.50. The third kappa shape index (κ3) is 3.55. The molecule has 2 aliphatic carbocycles. The first-order valence-corrected chi connectivity index (χ1v) is 8.00. The molecule has 2 amide bonds. The van der Waals surface area contributed by atoms with Gasteiger partial charge in [-0.05, 0) is 74.1 Å². The van der Waals surface area contributed by atoms with Crippen molar-refractivity contribution >= 4 is 11.7 Å². The van der Waals surface area contributed by atoms with Gasteiger partial charge in [0.15, 0.2) is 0 Å². The maximum Gasteiger partial charge on any atom is 0.319 e. The van der Waals surface area contributed by atoms with Crippen LogP contribution < -0.4 is 10.6 Å². The summed E-state index contributed by atoms with van der Waals surface area (Å²) in [7, 11) is 0. The topological polar surface area (TPSA) is 41.1 Å². The Morgan fingerprint density at radius 2 is 1.90 bits per heavy atom. The molecule has 0 aliphatic heterocycles. The number of hydrogen-bond acceptors (Lipinski definition) is 1. The summed E-state index contributed by atoms with van der Waals surface area (Å²) in [6.07, 6.45) is 6.99. The van der Waals surface area contributed by atoms with Crippen molar-refractivity contribution in [2.24, 2.45) is 5.92 Å². The minimum absolute atomic E-state index is 0.142. The number of urea groups is 1. The van der Waals surface area contributed by atoms with Crippen LogP contribution >= 0.6 is 0 Å². The third-order valence-electron chi connectivity index (χ3n) is 4.76. The summed E-state index contributed by atoms with van der Waals surface area (Å²) in [5, 5.41) is 5.93. The zero-order valence-corrected chi connectivity index (χ0v) is 12.3. The monoisotopic (exact) mass is 290 g/mol. The second-order valence-electron chi connectivity index (χ2n) is 6.31. The van der Waals surface area contributed by atoms with Crippen molar-refractivity contribution in [2.45, 2.75) is 51.0 Å². The Labute approximate surface area is 125 Å². The second kappa shape index (κ2) is 6.46. The molecule has 0 bridgehead atoms. The number of carbonyl (C=O) groups is 1. The first kappa shape index (κ1) is 14.4. The Morgan fingerprint density at radius 1 is 1.14 bits per heavy atom. The molecule has 2 N–H and O–H groups in total. The van der Waals surface area contributed by atoms with Crippen LogP contribution in [0.5, 0.6) is 0 Å². The van der Waals surface area contributed by atoms with E-state index in [0.717, 1.165) is 44.2 Å². The highest BCUT2D eigenvalue weighted by Crippen LogP contribution is 2.26. The van der Waals surface area contributed by atoms with Crippen LogP contribution in [0.2, 0.25) is 0 Å². The smallest absolute Gasteiger partial charge is 0.319 e. The van der Waals surface area contributed by atoms with E-state index in [1.807, 2.05) is 6.07 Å². The summed E-state index contributed by atoms with van der Waals surface area (Å²) in [6.45, 7) is -0.228. The van der Waals surface area contributed by atoms with E-state index >= 15 is 0 Å². The van der Waals surface area contributed by atoms with Gasteiger partial charge in [-0.1, -0.05) is 6.07 Å². The highest BCUT2D eigenvalue weighted by atomic mass is 19.1. The van der Waals surface area contributed by atoms with E-state index < -0.39 is 0 Å². The van der Waals surface area contributed by atoms with Gasteiger partial charge in [-0.2, -0.15) is 0 Å². The van der Waals surface area contributed by atoms with Gasteiger partial charge in [-0.15, -0.1) is 0 Å². The van der Waals surface area contributed by atoms with Crippen LogP contribution in [0.3, 0.4) is 0 Å². The quantitative estimate of drug-likeness (QED) is 0.873. The number of fused-ring (bicyclic) bond motifs is 1. The molecular weight excluding hydrogens is 267 g/mol. The van der Waals surface area contributed by atoms with Crippen molar-refractivity contribution in [3.63, 3.8) is 0 Å². The van der Waals surface area contributed by atoms with Crippen LogP contribution in [0.1, 0.15) is 43.2 Å². The first-order chi connectivity index (χ1) is 10.2. The van der Waals surface area contributed by atoms with Crippen LogP contribution in [0.15, 0.2) is 18.2 Å². The van der Waals surface area contributed by atoms with Gasteiger partial charge in [-0.25, -0.2) is 4.79 Å². The van der Waals surface area contributed by atoms with Crippen LogP contribution in [0.4, 0.5) is 14.9 Å². The number of nitrogens with one attached hydrogen (secondary N) is 2. The van der Waals surface area contributed by atoms with E-state index in [4.69, 9.17) is 0 Å². The number of carbonyl (C=O) groups excluding carboxylic acids is 1. The average Bonchev–Trinajstić information content (AvgIpc) is 2.95. The molecule has 4 heteroatoms. The third-order valence-corrected chi connectivity index (χ3v) is 4.76. The van der Waals surface area contributed by atoms with Gasteiger partial charge in [0.1, 0.15) is 0 Å². The van der Waals surface area contributed by atoms with Gasteiger partial charge in [0.05, 0.1) is 6.67 Å². The lowest BCUT2D eigenvalue weighted by Gasteiger charge is -2.27. The van der Waals surface area contributed by atoms with Crippen molar-refractivity contribution in [1.82, 2.24) is 5.32 Å². The number of amides is 2. The molecule has 21 heavy (non-hydrogen) atoms. The van der Waals surface area contributed by atoms with Gasteiger partial charge in [0.2, 0.25) is 0 Å². The highest BCUT2D eigenvalue weighted by Gasteiger charge is 2.22. The molecule has 0 atom stereocenters. The molecule has 0 radical (unpaired) electrons. The van der Waals surface area contributed by atoms with Crippen LogP contribution in [0, 0.1) is 5.92 Å². The molecule has 1 fully saturated rings. The SMILES string of the molecule is O=C(Nc1ccc2c(c1)CCC2)NC1CCC(CF)CC1. The lowest BCUT2D eigenvalue weighted by atomic mass is 9.87. The molecule has 0 spiro atoms. The molecule has 1 saturated carbocycles. The van der Waals surface area contributed by atoms with Crippen molar-refractivity contribution in [3.05, 3.63) is 29.3 Å². The number of rotatable bonds is 3. The van der Waals surface area contributed by atoms with E-state index in [1.54, 1.807) is 0 Å². The zero-order valence-electron chi connectivity index (χ0n) is 12.3. The average molecular weight is 290 g/mol. The summed E-state index contributed by atoms with van der Waals surface area (Å²) in [5.74, 6) is 0.197. The highest BCUT2D eigenvalue weighted by molar-refractivity contribution is 5.89. The van der Waals surface area contributed by atoms with E-state index in [9.17, 15) is 9.18 Å². The summed E-state index contributed by atoms with van der Waals surface area (Å²) < 4.78 is 12.6. The maximum atomic E-state index is 12.6. The summed E-state index contributed by atoms with van der Waals surface area (Å²) in [6, 6.07) is 6.22. The Hall–Kier alpha value is -1.58. The van der Waals surface area contributed by atoms with Crippen molar-refractivity contribution in [3.8, 4) is 0 Å². The summed E-state index contributed by atoms with van der Waals surface area (Å²) in [5.41, 5.74) is 3.63. The fourth-order valence-electron chi connectivity index (χ4n) is 3.46. The number of aryl methyl sites for hydroxylation is 2. The molecular formula is C17H23FN2O. The first-order valence-electron chi connectivity index (χ1n) is 8.00. The minimum atomic E-state index is -0.228. The Bertz CT molecular complexity index is 510. The van der Waals surface area contributed by atoms with Gasteiger partial charge < -0.3 is 10.6 Å². The number of benzene rings is 1. The molecule has 2 aliphatic rings. The minimum Gasteiger partial charge on any atom is -0.335 e. The van der Waals surface area contributed by atoms with E-state index in [-0.39, 0.29) is 24.7 Å². The second-order valence-corrected chi connectivity index (χ2v) is 6.31. The fraction of sp³-hybridized carbons (Fsp3) is 0.588. The number of anilines is 1. The number of alkyl halides is 1. The predicted molar refractivity (Wildman–Crippen MR) is 82.3 cm³/mol. The van der Waals surface area contributed by atoms with Crippen molar-refractivity contribution < 1.29 is 9.18 Å². The lowest BCUT2D eigenvalue weighted by molar-refractivity contribution is 0.227. The van der Waals surface area contributed by atoms with Crippen LogP contribution in [-0.4, -0.2) is 18.7 Å². The van der Waals surface area contributed by atoms with E-state index in [1.165, 1.54) is 17.5 Å². The largest absolute Gasteiger partial charge is 0.335 e. The zero-order chi connectivity index (χ0) is 14.7. The molecule has 0 unspecified atom stereocenters. The van der Waals surface area contributed by atoms with Crippen LogP contribution in [0.25, 0.3) is 0 Å². The summed E-state index contributed by atoms with van der Waals surface area (Å²) >= 11 is 0. The van der Waals surface area contributed by atoms with Gasteiger partial charge in [0, 0.05) is 11.7 Å². The summed E-state index contributed by atoms with van der Waals surface area (Å²) in [4.78, 5) is 12.0. The Kier molecular flexibility index (Phi) is 4.42.